The van der Waals surface area contributed by atoms with E-state index in [0.29, 0.717) is 5.69 Å². The number of nitrogens with zero attached hydrogens (tertiary/aromatic N) is 2. The standard InChI is InChI=1S/C11H10BrN3O2/c12-7-3-1-2-4-9(7)15-11(17)5-10(16)8(6-13)14-15/h1-5,16H,6,13H2. The molecule has 0 amide bonds. The van der Waals surface area contributed by atoms with Crippen LogP contribution in [0.25, 0.3) is 5.69 Å². The summed E-state index contributed by atoms with van der Waals surface area (Å²) < 4.78 is 1.94. The van der Waals surface area contributed by atoms with Gasteiger partial charge in [-0.25, -0.2) is 0 Å². The largest absolute Gasteiger partial charge is 0.506 e. The van der Waals surface area contributed by atoms with Crippen LogP contribution in [0.15, 0.2) is 39.6 Å². The van der Waals surface area contributed by atoms with Gasteiger partial charge < -0.3 is 10.8 Å². The summed E-state index contributed by atoms with van der Waals surface area (Å²) >= 11 is 3.34. The van der Waals surface area contributed by atoms with Gasteiger partial charge in [-0.2, -0.15) is 9.78 Å². The van der Waals surface area contributed by atoms with E-state index in [-0.39, 0.29) is 18.0 Å². The van der Waals surface area contributed by atoms with E-state index >= 15 is 0 Å². The minimum absolute atomic E-state index is 0.0660. The molecule has 0 fully saturated rings. The van der Waals surface area contributed by atoms with E-state index in [1.807, 2.05) is 6.07 Å². The van der Waals surface area contributed by atoms with E-state index in [9.17, 15) is 9.90 Å². The van der Waals surface area contributed by atoms with Crippen molar-refractivity contribution < 1.29 is 5.11 Å². The Morgan fingerprint density at radius 2 is 2.12 bits per heavy atom. The van der Waals surface area contributed by atoms with Gasteiger partial charge in [-0.1, -0.05) is 12.1 Å². The zero-order chi connectivity index (χ0) is 12.4. The summed E-state index contributed by atoms with van der Waals surface area (Å²) in [7, 11) is 0. The first-order valence-corrected chi connectivity index (χ1v) is 5.70. The monoisotopic (exact) mass is 295 g/mol. The first-order valence-electron chi connectivity index (χ1n) is 4.90. The van der Waals surface area contributed by atoms with Gasteiger partial charge in [-0.3, -0.25) is 4.79 Å². The number of para-hydroxylation sites is 1. The highest BCUT2D eigenvalue weighted by molar-refractivity contribution is 9.10. The zero-order valence-corrected chi connectivity index (χ0v) is 10.4. The Labute approximate surface area is 106 Å². The lowest BCUT2D eigenvalue weighted by Crippen LogP contribution is -2.22. The summed E-state index contributed by atoms with van der Waals surface area (Å²) in [5, 5.41) is 13.5. The Morgan fingerprint density at radius 3 is 2.76 bits per heavy atom. The second kappa shape index (κ2) is 4.68. The lowest BCUT2D eigenvalue weighted by atomic mass is 10.3. The molecule has 0 aliphatic heterocycles. The third-order valence-corrected chi connectivity index (χ3v) is 2.93. The predicted molar refractivity (Wildman–Crippen MR) is 67.1 cm³/mol. The first kappa shape index (κ1) is 11.8. The summed E-state index contributed by atoms with van der Waals surface area (Å²) in [6.07, 6.45) is 0. The average molecular weight is 296 g/mol. The highest BCUT2D eigenvalue weighted by Crippen LogP contribution is 2.19. The van der Waals surface area contributed by atoms with Gasteiger partial charge in [0.2, 0.25) is 0 Å². The SMILES string of the molecule is NCc1nn(-c2ccccc2Br)c(=O)cc1O. The molecule has 0 radical (unpaired) electrons. The Morgan fingerprint density at radius 1 is 1.41 bits per heavy atom. The molecule has 1 heterocycles. The summed E-state index contributed by atoms with van der Waals surface area (Å²) in [5.41, 5.74) is 5.91. The molecule has 5 nitrogen and oxygen atoms in total. The van der Waals surface area contributed by atoms with Crippen LogP contribution < -0.4 is 11.3 Å². The molecule has 0 atom stereocenters. The molecule has 0 spiro atoms. The highest BCUT2D eigenvalue weighted by atomic mass is 79.9. The molecule has 1 aromatic carbocycles. The molecule has 1 aromatic heterocycles. The summed E-state index contributed by atoms with van der Waals surface area (Å²) in [5.74, 6) is -0.180. The average Bonchev–Trinajstić information content (AvgIpc) is 2.31. The Balaban J connectivity index is 2.68. The van der Waals surface area contributed by atoms with Crippen molar-refractivity contribution in [3.63, 3.8) is 0 Å². The maximum Gasteiger partial charge on any atom is 0.275 e. The minimum atomic E-state index is -0.411. The Hall–Kier alpha value is -1.66. The van der Waals surface area contributed by atoms with Gasteiger partial charge in [-0.05, 0) is 28.1 Å². The molecular weight excluding hydrogens is 286 g/mol. The quantitative estimate of drug-likeness (QED) is 0.871. The van der Waals surface area contributed by atoms with Crippen LogP contribution in [0.1, 0.15) is 5.69 Å². The molecular formula is C11H10BrN3O2. The molecule has 6 heteroatoms. The van der Waals surface area contributed by atoms with E-state index in [4.69, 9.17) is 5.73 Å². The van der Waals surface area contributed by atoms with E-state index in [1.165, 1.54) is 4.68 Å². The molecule has 17 heavy (non-hydrogen) atoms. The number of rotatable bonds is 2. The van der Waals surface area contributed by atoms with Crippen molar-refractivity contribution >= 4 is 15.9 Å². The highest BCUT2D eigenvalue weighted by Gasteiger charge is 2.09. The maximum atomic E-state index is 11.7. The number of hydrogen-bond donors (Lipinski definition) is 2. The fraction of sp³-hybridized carbons (Fsp3) is 0.0909. The molecule has 2 aromatic rings. The van der Waals surface area contributed by atoms with Gasteiger partial charge in [0.25, 0.3) is 5.56 Å². The second-order valence-corrected chi connectivity index (χ2v) is 4.24. The summed E-state index contributed by atoms with van der Waals surface area (Å²) in [4.78, 5) is 11.7. The minimum Gasteiger partial charge on any atom is -0.506 e. The molecule has 3 N–H and O–H groups in total. The third-order valence-electron chi connectivity index (χ3n) is 2.26. The lowest BCUT2D eigenvalue weighted by Gasteiger charge is -2.08. The van der Waals surface area contributed by atoms with Crippen molar-refractivity contribution in [1.29, 1.82) is 0 Å². The number of benzene rings is 1. The molecule has 88 valence electrons. The van der Waals surface area contributed by atoms with Crippen molar-refractivity contribution in [2.45, 2.75) is 6.54 Å². The molecule has 2 rings (SSSR count). The summed E-state index contributed by atoms with van der Waals surface area (Å²) in [6, 6.07) is 8.29. The molecule has 0 saturated heterocycles. The predicted octanol–water partition coefficient (Wildman–Crippen LogP) is 1.16. The van der Waals surface area contributed by atoms with Crippen LogP contribution in [0.4, 0.5) is 0 Å². The van der Waals surface area contributed by atoms with E-state index in [0.717, 1.165) is 10.5 Å². The van der Waals surface area contributed by atoms with Crippen LogP contribution in [0.2, 0.25) is 0 Å². The van der Waals surface area contributed by atoms with Gasteiger partial charge >= 0.3 is 0 Å². The van der Waals surface area contributed by atoms with E-state index in [2.05, 4.69) is 21.0 Å². The van der Waals surface area contributed by atoms with E-state index in [1.54, 1.807) is 18.2 Å². The molecule has 0 aliphatic rings. The summed E-state index contributed by atoms with van der Waals surface area (Å²) in [6.45, 7) is 0.0660. The fourth-order valence-electron chi connectivity index (χ4n) is 1.42. The number of aromatic nitrogens is 2. The van der Waals surface area contributed by atoms with Gasteiger partial charge in [0.05, 0.1) is 5.69 Å². The number of aromatic hydroxyl groups is 1. The molecule has 0 bridgehead atoms. The third kappa shape index (κ3) is 2.22. The fourth-order valence-corrected chi connectivity index (χ4v) is 1.88. The Bertz CT molecular complexity index is 610. The van der Waals surface area contributed by atoms with Crippen LogP contribution in [0, 0.1) is 0 Å². The van der Waals surface area contributed by atoms with Crippen LogP contribution >= 0.6 is 15.9 Å². The van der Waals surface area contributed by atoms with Crippen LogP contribution in [-0.4, -0.2) is 14.9 Å². The first-order chi connectivity index (χ1) is 8.13. The van der Waals surface area contributed by atoms with Crippen LogP contribution in [-0.2, 0) is 6.54 Å². The topological polar surface area (TPSA) is 81.1 Å². The van der Waals surface area contributed by atoms with Crippen molar-refractivity contribution in [2.24, 2.45) is 5.73 Å². The maximum absolute atomic E-state index is 11.7. The Kier molecular flexibility index (Phi) is 3.26. The second-order valence-electron chi connectivity index (χ2n) is 3.38. The van der Waals surface area contributed by atoms with Crippen molar-refractivity contribution in [3.8, 4) is 11.4 Å². The molecule has 0 saturated carbocycles. The van der Waals surface area contributed by atoms with Crippen molar-refractivity contribution in [3.05, 3.63) is 50.9 Å². The van der Waals surface area contributed by atoms with E-state index < -0.39 is 5.56 Å². The van der Waals surface area contributed by atoms with Crippen LogP contribution in [0.3, 0.4) is 0 Å². The van der Waals surface area contributed by atoms with Crippen molar-refractivity contribution in [2.75, 3.05) is 0 Å². The lowest BCUT2D eigenvalue weighted by molar-refractivity contribution is 0.457. The van der Waals surface area contributed by atoms with Gasteiger partial charge in [0, 0.05) is 17.1 Å². The smallest absolute Gasteiger partial charge is 0.275 e. The number of hydrogen-bond acceptors (Lipinski definition) is 4. The van der Waals surface area contributed by atoms with Gasteiger partial charge in [0.15, 0.2) is 0 Å². The normalized spacial score (nSPS) is 10.5. The van der Waals surface area contributed by atoms with Gasteiger partial charge in [-0.15, -0.1) is 0 Å². The zero-order valence-electron chi connectivity index (χ0n) is 8.80. The number of nitrogens with two attached hydrogens (primary N) is 1. The number of halogens is 1. The van der Waals surface area contributed by atoms with Gasteiger partial charge in [0.1, 0.15) is 11.4 Å². The van der Waals surface area contributed by atoms with Crippen molar-refractivity contribution in [1.82, 2.24) is 9.78 Å². The van der Waals surface area contributed by atoms with Crippen LogP contribution in [0.5, 0.6) is 5.75 Å². The molecule has 0 unspecified atom stereocenters. The molecule has 0 aliphatic carbocycles.